The van der Waals surface area contributed by atoms with Gasteiger partial charge in [0, 0.05) is 30.4 Å². The molecule has 1 aliphatic heterocycles. The summed E-state index contributed by atoms with van der Waals surface area (Å²) < 4.78 is 0. The number of hydrogen-bond donors (Lipinski definition) is 3. The summed E-state index contributed by atoms with van der Waals surface area (Å²) in [5.74, 6) is 0.222. The Morgan fingerprint density at radius 3 is 2.63 bits per heavy atom. The number of rotatable bonds is 6. The number of nitrogens with zero attached hydrogens (tertiary/aromatic N) is 2. The third-order valence-electron chi connectivity index (χ3n) is 6.26. The van der Waals surface area contributed by atoms with Crippen LogP contribution in [0.4, 0.5) is 5.69 Å². The molecule has 1 saturated carbocycles. The summed E-state index contributed by atoms with van der Waals surface area (Å²) >= 11 is 0. The largest absolute Gasteiger partial charge is 0.353 e. The maximum Gasteiger partial charge on any atom is 0.258 e. The molecule has 0 bridgehead atoms. The predicted molar refractivity (Wildman–Crippen MR) is 116 cm³/mol. The zero-order valence-corrected chi connectivity index (χ0v) is 17.4. The molecule has 1 saturated heterocycles. The Morgan fingerprint density at radius 1 is 1.10 bits per heavy atom. The molecule has 2 heterocycles. The number of piperidine rings is 1. The molecule has 7 heteroatoms. The van der Waals surface area contributed by atoms with Crippen molar-refractivity contribution in [1.82, 2.24) is 20.4 Å². The fourth-order valence-corrected chi connectivity index (χ4v) is 4.50. The lowest BCUT2D eigenvalue weighted by molar-refractivity contribution is -0.127. The van der Waals surface area contributed by atoms with Crippen LogP contribution in [0.3, 0.4) is 0 Å². The number of amides is 2. The number of aromatic amines is 1. The highest BCUT2D eigenvalue weighted by atomic mass is 16.2. The molecule has 1 aromatic carbocycles. The summed E-state index contributed by atoms with van der Waals surface area (Å²) in [6, 6.07) is 8.34. The van der Waals surface area contributed by atoms with Gasteiger partial charge in [0.2, 0.25) is 5.91 Å². The minimum absolute atomic E-state index is 0.142. The highest BCUT2D eigenvalue weighted by Gasteiger charge is 2.27. The van der Waals surface area contributed by atoms with Gasteiger partial charge < -0.3 is 10.6 Å². The summed E-state index contributed by atoms with van der Waals surface area (Å²) in [5.41, 5.74) is 2.44. The van der Waals surface area contributed by atoms with Crippen molar-refractivity contribution < 1.29 is 9.59 Å². The fraction of sp³-hybridized carbons (Fsp3) is 0.522. The Balaban J connectivity index is 1.24. The van der Waals surface area contributed by atoms with Crippen LogP contribution in [-0.4, -0.2) is 46.0 Å². The van der Waals surface area contributed by atoms with Crippen LogP contribution in [0.2, 0.25) is 0 Å². The Hall–Kier alpha value is -2.67. The molecule has 1 aliphatic carbocycles. The molecule has 4 rings (SSSR count). The monoisotopic (exact) mass is 409 g/mol. The van der Waals surface area contributed by atoms with Gasteiger partial charge in [-0.25, -0.2) is 0 Å². The fourth-order valence-electron chi connectivity index (χ4n) is 4.50. The van der Waals surface area contributed by atoms with Gasteiger partial charge in [-0.15, -0.1) is 0 Å². The van der Waals surface area contributed by atoms with E-state index < -0.39 is 0 Å². The summed E-state index contributed by atoms with van der Waals surface area (Å²) in [6.45, 7) is 2.68. The number of H-pyrrole nitrogens is 1. The number of hydrogen-bond acceptors (Lipinski definition) is 4. The molecule has 0 atom stereocenters. The van der Waals surface area contributed by atoms with E-state index in [0.29, 0.717) is 11.6 Å². The van der Waals surface area contributed by atoms with Crippen LogP contribution in [0.15, 0.2) is 36.7 Å². The normalized spacial score (nSPS) is 18.8. The van der Waals surface area contributed by atoms with Gasteiger partial charge in [-0.3, -0.25) is 19.6 Å². The van der Waals surface area contributed by atoms with Crippen molar-refractivity contribution >= 4 is 17.5 Å². The molecule has 3 N–H and O–H groups in total. The highest BCUT2D eigenvalue weighted by Crippen LogP contribution is 2.23. The lowest BCUT2D eigenvalue weighted by Crippen LogP contribution is -2.44. The Kier molecular flexibility index (Phi) is 6.79. The first-order chi connectivity index (χ1) is 14.7. The maximum atomic E-state index is 12.6. The molecule has 7 nitrogen and oxygen atoms in total. The van der Waals surface area contributed by atoms with Gasteiger partial charge in [0.25, 0.3) is 5.91 Å². The molecule has 160 valence electrons. The van der Waals surface area contributed by atoms with E-state index >= 15 is 0 Å². The first-order valence-corrected chi connectivity index (χ1v) is 11.1. The molecular weight excluding hydrogens is 378 g/mol. The number of benzene rings is 1. The second-order valence-electron chi connectivity index (χ2n) is 8.54. The number of carbonyl (C=O) groups excluding carboxylic acids is 2. The number of carbonyl (C=O) groups is 2. The van der Waals surface area contributed by atoms with Crippen LogP contribution >= 0.6 is 0 Å². The van der Waals surface area contributed by atoms with Gasteiger partial charge in [-0.05, 0) is 56.5 Å². The molecule has 2 amide bonds. The van der Waals surface area contributed by atoms with Crippen molar-refractivity contribution in [1.29, 1.82) is 0 Å². The van der Waals surface area contributed by atoms with E-state index in [0.717, 1.165) is 56.6 Å². The molecule has 2 aliphatic rings. The molecule has 0 unspecified atom stereocenters. The molecule has 2 fully saturated rings. The van der Waals surface area contributed by atoms with Gasteiger partial charge in [0.15, 0.2) is 0 Å². The maximum absolute atomic E-state index is 12.6. The second kappa shape index (κ2) is 9.89. The predicted octanol–water partition coefficient (Wildman–Crippen LogP) is 3.32. The Labute approximate surface area is 177 Å². The SMILES string of the molecule is O=C(Nc1cccc(CN2CCC(C(=O)NC3CCCCC3)CC2)c1)c1cn[nH]c1. The van der Waals surface area contributed by atoms with Gasteiger partial charge in [-0.1, -0.05) is 31.4 Å². The van der Waals surface area contributed by atoms with Crippen LogP contribution in [-0.2, 0) is 11.3 Å². The van der Waals surface area contributed by atoms with Crippen molar-refractivity contribution in [3.05, 3.63) is 47.8 Å². The summed E-state index contributed by atoms with van der Waals surface area (Å²) in [7, 11) is 0. The Morgan fingerprint density at radius 2 is 1.90 bits per heavy atom. The average Bonchev–Trinajstić information content (AvgIpc) is 3.30. The van der Waals surface area contributed by atoms with E-state index in [1.165, 1.54) is 25.5 Å². The standard InChI is InChI=1S/C23H31N5O2/c29-22(26-20-6-2-1-3-7-20)18-9-11-28(12-10-18)16-17-5-4-8-21(13-17)27-23(30)19-14-24-25-15-19/h4-5,8,13-15,18,20H,1-3,6-7,9-12,16H2,(H,24,25)(H,26,29)(H,27,30). The summed E-state index contributed by atoms with van der Waals surface area (Å²) in [4.78, 5) is 27.2. The lowest BCUT2D eigenvalue weighted by Gasteiger charge is -2.32. The quantitative estimate of drug-likeness (QED) is 0.683. The van der Waals surface area contributed by atoms with Gasteiger partial charge in [-0.2, -0.15) is 5.10 Å². The first-order valence-electron chi connectivity index (χ1n) is 11.1. The van der Waals surface area contributed by atoms with Crippen molar-refractivity contribution in [2.45, 2.75) is 57.5 Å². The van der Waals surface area contributed by atoms with Crippen LogP contribution in [0, 0.1) is 5.92 Å². The van der Waals surface area contributed by atoms with Crippen molar-refractivity contribution in [3.63, 3.8) is 0 Å². The van der Waals surface area contributed by atoms with Crippen LogP contribution in [0.5, 0.6) is 0 Å². The second-order valence-corrected chi connectivity index (χ2v) is 8.54. The number of nitrogens with one attached hydrogen (secondary N) is 3. The minimum atomic E-state index is -0.175. The zero-order chi connectivity index (χ0) is 20.8. The molecule has 2 aromatic rings. The van der Waals surface area contributed by atoms with Crippen molar-refractivity contribution in [2.75, 3.05) is 18.4 Å². The average molecular weight is 410 g/mol. The number of anilines is 1. The highest BCUT2D eigenvalue weighted by molar-refractivity contribution is 6.03. The van der Waals surface area contributed by atoms with E-state index in [-0.39, 0.29) is 17.7 Å². The van der Waals surface area contributed by atoms with Crippen LogP contribution in [0.25, 0.3) is 0 Å². The topological polar surface area (TPSA) is 90.1 Å². The van der Waals surface area contributed by atoms with Crippen LogP contribution in [0.1, 0.15) is 60.9 Å². The van der Waals surface area contributed by atoms with E-state index in [1.54, 1.807) is 6.20 Å². The first kappa shape index (κ1) is 20.6. The zero-order valence-electron chi connectivity index (χ0n) is 17.4. The summed E-state index contributed by atoms with van der Waals surface area (Å²) in [6.07, 6.45) is 11.0. The minimum Gasteiger partial charge on any atom is -0.353 e. The van der Waals surface area contributed by atoms with Gasteiger partial charge >= 0.3 is 0 Å². The molecular formula is C23H31N5O2. The third-order valence-corrected chi connectivity index (χ3v) is 6.26. The molecule has 1 aromatic heterocycles. The molecule has 0 spiro atoms. The van der Waals surface area contributed by atoms with Gasteiger partial charge in [0.05, 0.1) is 11.8 Å². The van der Waals surface area contributed by atoms with Crippen molar-refractivity contribution in [3.8, 4) is 0 Å². The molecule has 0 radical (unpaired) electrons. The number of aromatic nitrogens is 2. The van der Waals surface area contributed by atoms with Gasteiger partial charge in [0.1, 0.15) is 0 Å². The third kappa shape index (κ3) is 5.48. The van der Waals surface area contributed by atoms with E-state index in [2.05, 4.69) is 31.8 Å². The summed E-state index contributed by atoms with van der Waals surface area (Å²) in [5, 5.41) is 12.7. The van der Waals surface area contributed by atoms with Crippen LogP contribution < -0.4 is 10.6 Å². The van der Waals surface area contributed by atoms with E-state index in [9.17, 15) is 9.59 Å². The smallest absolute Gasteiger partial charge is 0.258 e. The number of likely N-dealkylation sites (tertiary alicyclic amines) is 1. The Bertz CT molecular complexity index is 837. The molecule has 30 heavy (non-hydrogen) atoms. The van der Waals surface area contributed by atoms with E-state index in [4.69, 9.17) is 0 Å². The van der Waals surface area contributed by atoms with Crippen molar-refractivity contribution in [2.24, 2.45) is 5.92 Å². The lowest BCUT2D eigenvalue weighted by atomic mass is 9.92. The van der Waals surface area contributed by atoms with E-state index in [1.807, 2.05) is 18.2 Å².